The molecule has 0 aliphatic carbocycles. The molecule has 1 rings (SSSR count). The van der Waals surface area contributed by atoms with Gasteiger partial charge in [-0.3, -0.25) is 0 Å². The van der Waals surface area contributed by atoms with E-state index in [2.05, 4.69) is 37.4 Å². The smallest absolute Gasteiger partial charge is 0.0296 e. The van der Waals surface area contributed by atoms with Crippen LogP contribution < -0.4 is 0 Å². The molecule has 0 aliphatic heterocycles. The van der Waals surface area contributed by atoms with Gasteiger partial charge in [0, 0.05) is 4.88 Å². The average Bonchev–Trinajstić information content (AvgIpc) is 2.37. The third-order valence-electron chi connectivity index (χ3n) is 1.34. The highest BCUT2D eigenvalue weighted by Crippen LogP contribution is 2.18. The van der Waals surface area contributed by atoms with Crippen LogP contribution in [0.2, 0.25) is 0 Å². The lowest BCUT2D eigenvalue weighted by atomic mass is 10.2. The Hall–Kier alpha value is -0.560. The van der Waals surface area contributed by atoms with E-state index in [1.54, 1.807) is 11.3 Å². The molecule has 0 bridgehead atoms. The SMILES string of the molecule is C/C=C(\C)c1cccs1. The van der Waals surface area contributed by atoms with Crippen molar-refractivity contribution in [1.82, 2.24) is 0 Å². The van der Waals surface area contributed by atoms with Crippen molar-refractivity contribution < 1.29 is 0 Å². The second kappa shape index (κ2) is 2.83. The molecule has 0 saturated heterocycles. The molecule has 9 heavy (non-hydrogen) atoms. The van der Waals surface area contributed by atoms with Crippen LogP contribution in [-0.2, 0) is 0 Å². The minimum Gasteiger partial charge on any atom is -0.144 e. The van der Waals surface area contributed by atoms with Crippen molar-refractivity contribution in [2.45, 2.75) is 13.8 Å². The second-order valence-electron chi connectivity index (χ2n) is 1.95. The third kappa shape index (κ3) is 1.42. The van der Waals surface area contributed by atoms with Crippen molar-refractivity contribution in [2.75, 3.05) is 0 Å². The molecule has 0 atom stereocenters. The molecule has 0 spiro atoms. The van der Waals surface area contributed by atoms with Crippen molar-refractivity contribution >= 4 is 16.9 Å². The van der Waals surface area contributed by atoms with Gasteiger partial charge in [-0.05, 0) is 30.9 Å². The summed E-state index contributed by atoms with van der Waals surface area (Å²) in [5.41, 5.74) is 1.37. The molecule has 0 fully saturated rings. The van der Waals surface area contributed by atoms with Crippen LogP contribution in [0.5, 0.6) is 0 Å². The molecule has 1 heterocycles. The Morgan fingerprint density at radius 2 is 2.44 bits per heavy atom. The maximum Gasteiger partial charge on any atom is 0.0296 e. The van der Waals surface area contributed by atoms with E-state index in [4.69, 9.17) is 0 Å². The molecule has 0 aromatic carbocycles. The van der Waals surface area contributed by atoms with E-state index >= 15 is 0 Å². The van der Waals surface area contributed by atoms with Gasteiger partial charge in [0.2, 0.25) is 0 Å². The highest BCUT2D eigenvalue weighted by atomic mass is 32.1. The first-order valence-electron chi connectivity index (χ1n) is 3.01. The number of allylic oxidation sites excluding steroid dienone is 2. The molecule has 0 amide bonds. The van der Waals surface area contributed by atoms with E-state index in [0.29, 0.717) is 0 Å². The van der Waals surface area contributed by atoms with Crippen molar-refractivity contribution in [3.63, 3.8) is 0 Å². The molecule has 0 nitrogen and oxygen atoms in total. The Labute approximate surface area is 59.8 Å². The molecule has 0 N–H and O–H groups in total. The van der Waals surface area contributed by atoms with Gasteiger partial charge in [0.15, 0.2) is 0 Å². The van der Waals surface area contributed by atoms with E-state index < -0.39 is 0 Å². The summed E-state index contributed by atoms with van der Waals surface area (Å²) in [6, 6.07) is 4.22. The van der Waals surface area contributed by atoms with Crippen LogP contribution in [-0.4, -0.2) is 0 Å². The summed E-state index contributed by atoms with van der Waals surface area (Å²) in [6.07, 6.45) is 2.13. The van der Waals surface area contributed by atoms with Crippen LogP contribution in [0.15, 0.2) is 23.6 Å². The summed E-state index contributed by atoms with van der Waals surface area (Å²) in [7, 11) is 0. The lowest BCUT2D eigenvalue weighted by molar-refractivity contribution is 1.64. The fourth-order valence-corrected chi connectivity index (χ4v) is 1.41. The molecule has 0 saturated carbocycles. The van der Waals surface area contributed by atoms with E-state index in [-0.39, 0.29) is 0 Å². The highest BCUT2D eigenvalue weighted by Gasteiger charge is 1.91. The molecule has 0 unspecified atom stereocenters. The van der Waals surface area contributed by atoms with Crippen molar-refractivity contribution in [3.8, 4) is 0 Å². The molecule has 0 aliphatic rings. The monoisotopic (exact) mass is 138 g/mol. The minimum absolute atomic E-state index is 1.37. The van der Waals surface area contributed by atoms with Gasteiger partial charge in [-0.25, -0.2) is 0 Å². The maximum absolute atomic E-state index is 2.14. The first-order valence-corrected chi connectivity index (χ1v) is 3.89. The third-order valence-corrected chi connectivity index (χ3v) is 2.35. The zero-order valence-electron chi connectivity index (χ0n) is 5.72. The summed E-state index contributed by atoms with van der Waals surface area (Å²) in [4.78, 5) is 1.37. The number of hydrogen-bond donors (Lipinski definition) is 0. The first kappa shape index (κ1) is 6.56. The van der Waals surface area contributed by atoms with Crippen molar-refractivity contribution in [2.24, 2.45) is 0 Å². The summed E-state index contributed by atoms with van der Waals surface area (Å²) >= 11 is 1.79. The Morgan fingerprint density at radius 1 is 1.67 bits per heavy atom. The predicted molar refractivity (Wildman–Crippen MR) is 43.6 cm³/mol. The van der Waals surface area contributed by atoms with Crippen molar-refractivity contribution in [3.05, 3.63) is 28.5 Å². The van der Waals surface area contributed by atoms with Crippen LogP contribution in [0.3, 0.4) is 0 Å². The Morgan fingerprint density at radius 3 is 2.89 bits per heavy atom. The predicted octanol–water partition coefficient (Wildman–Crippen LogP) is 3.17. The fourth-order valence-electron chi connectivity index (χ4n) is 0.645. The average molecular weight is 138 g/mol. The topological polar surface area (TPSA) is 0 Å². The lowest BCUT2D eigenvalue weighted by Gasteiger charge is -1.90. The molecule has 1 aromatic rings. The quantitative estimate of drug-likeness (QED) is 0.559. The van der Waals surface area contributed by atoms with Crippen LogP contribution >= 0.6 is 11.3 Å². The van der Waals surface area contributed by atoms with Crippen LogP contribution in [0.4, 0.5) is 0 Å². The van der Waals surface area contributed by atoms with Gasteiger partial charge in [0.05, 0.1) is 0 Å². The summed E-state index contributed by atoms with van der Waals surface area (Å²) in [6.45, 7) is 4.20. The van der Waals surface area contributed by atoms with Crippen LogP contribution in [0.1, 0.15) is 18.7 Å². The van der Waals surface area contributed by atoms with Crippen LogP contribution in [0.25, 0.3) is 5.57 Å². The van der Waals surface area contributed by atoms with Crippen molar-refractivity contribution in [1.29, 1.82) is 0 Å². The minimum atomic E-state index is 1.37. The number of rotatable bonds is 1. The zero-order valence-corrected chi connectivity index (χ0v) is 6.53. The van der Waals surface area contributed by atoms with E-state index in [0.717, 1.165) is 0 Å². The second-order valence-corrected chi connectivity index (χ2v) is 2.90. The molecule has 48 valence electrons. The van der Waals surface area contributed by atoms with Gasteiger partial charge in [0.1, 0.15) is 0 Å². The molecular weight excluding hydrogens is 128 g/mol. The first-order chi connectivity index (χ1) is 4.34. The summed E-state index contributed by atoms with van der Waals surface area (Å²) in [5.74, 6) is 0. The van der Waals surface area contributed by atoms with Gasteiger partial charge in [-0.15, -0.1) is 11.3 Å². The summed E-state index contributed by atoms with van der Waals surface area (Å²) < 4.78 is 0. The zero-order chi connectivity index (χ0) is 6.69. The van der Waals surface area contributed by atoms with Gasteiger partial charge in [-0.2, -0.15) is 0 Å². The standard InChI is InChI=1S/C8H10S/c1-3-7(2)8-5-4-6-9-8/h3-6H,1-2H3/b7-3+. The Kier molecular flexibility index (Phi) is 2.06. The summed E-state index contributed by atoms with van der Waals surface area (Å²) in [5, 5.41) is 2.10. The van der Waals surface area contributed by atoms with E-state index in [9.17, 15) is 0 Å². The molecule has 1 heteroatoms. The highest BCUT2D eigenvalue weighted by molar-refractivity contribution is 7.11. The van der Waals surface area contributed by atoms with Crippen LogP contribution in [0, 0.1) is 0 Å². The largest absolute Gasteiger partial charge is 0.144 e. The molecule has 0 radical (unpaired) electrons. The Balaban J connectivity index is 2.90. The molecular formula is C8H10S. The molecule has 1 aromatic heterocycles. The van der Waals surface area contributed by atoms with Gasteiger partial charge in [0.25, 0.3) is 0 Å². The Bertz CT molecular complexity index is 194. The normalized spacial score (nSPS) is 12.0. The fraction of sp³-hybridized carbons (Fsp3) is 0.250. The number of hydrogen-bond acceptors (Lipinski definition) is 1. The van der Waals surface area contributed by atoms with Gasteiger partial charge in [-0.1, -0.05) is 12.1 Å². The van der Waals surface area contributed by atoms with E-state index in [1.807, 2.05) is 0 Å². The lowest BCUT2D eigenvalue weighted by Crippen LogP contribution is -1.66. The number of thiophene rings is 1. The van der Waals surface area contributed by atoms with E-state index in [1.165, 1.54) is 10.5 Å². The van der Waals surface area contributed by atoms with Gasteiger partial charge < -0.3 is 0 Å². The van der Waals surface area contributed by atoms with Gasteiger partial charge >= 0.3 is 0 Å². The maximum atomic E-state index is 2.14.